The Kier molecular flexibility index (Phi) is 4.24. The Hall–Kier alpha value is -1.51. The molecule has 3 heteroatoms. The number of hydrogen-bond donors (Lipinski definition) is 1. The molecule has 0 heterocycles. The van der Waals surface area contributed by atoms with Crippen LogP contribution in [0.3, 0.4) is 0 Å². The maximum absolute atomic E-state index is 6.29. The summed E-state index contributed by atoms with van der Waals surface area (Å²) in [5.74, 6) is 0.754. The largest absolute Gasteiger partial charge is 0.491 e. The SMILES string of the molecule is Clc1cc(-c2ccccc2)ccc1OCCNC1CC1. The third-order valence-electron chi connectivity index (χ3n) is 3.41. The molecule has 1 aliphatic carbocycles. The van der Waals surface area contributed by atoms with Gasteiger partial charge < -0.3 is 10.1 Å². The molecule has 1 saturated carbocycles. The zero-order chi connectivity index (χ0) is 13.8. The first-order valence-electron chi connectivity index (χ1n) is 7.04. The molecule has 0 amide bonds. The first-order chi connectivity index (χ1) is 9.83. The van der Waals surface area contributed by atoms with Gasteiger partial charge in [0.05, 0.1) is 5.02 Å². The number of hydrogen-bond acceptors (Lipinski definition) is 2. The van der Waals surface area contributed by atoms with Crippen LogP contribution in [0.5, 0.6) is 5.75 Å². The maximum atomic E-state index is 6.29. The zero-order valence-corrected chi connectivity index (χ0v) is 12.1. The standard InChI is InChI=1S/C17H18ClNO/c18-16-12-14(13-4-2-1-3-5-13)6-9-17(16)20-11-10-19-15-7-8-15/h1-6,9,12,15,19H,7-8,10-11H2. The molecule has 0 aromatic heterocycles. The van der Waals surface area contributed by atoms with Crippen LogP contribution in [0.1, 0.15) is 12.8 Å². The number of halogens is 1. The molecule has 0 atom stereocenters. The molecule has 20 heavy (non-hydrogen) atoms. The van der Waals surface area contributed by atoms with Gasteiger partial charge in [0.15, 0.2) is 0 Å². The molecular weight excluding hydrogens is 270 g/mol. The van der Waals surface area contributed by atoms with E-state index in [2.05, 4.69) is 17.4 Å². The van der Waals surface area contributed by atoms with Gasteiger partial charge in [-0.05, 0) is 36.1 Å². The highest BCUT2D eigenvalue weighted by Crippen LogP contribution is 2.30. The lowest BCUT2D eigenvalue weighted by molar-refractivity contribution is 0.313. The molecule has 0 saturated heterocycles. The van der Waals surface area contributed by atoms with E-state index in [1.807, 2.05) is 36.4 Å². The summed E-state index contributed by atoms with van der Waals surface area (Å²) in [7, 11) is 0. The maximum Gasteiger partial charge on any atom is 0.137 e. The lowest BCUT2D eigenvalue weighted by atomic mass is 10.1. The number of benzene rings is 2. The summed E-state index contributed by atoms with van der Waals surface area (Å²) in [6.07, 6.45) is 2.60. The van der Waals surface area contributed by atoms with Crippen molar-refractivity contribution in [2.75, 3.05) is 13.2 Å². The molecule has 2 aromatic carbocycles. The van der Waals surface area contributed by atoms with Crippen molar-refractivity contribution in [1.82, 2.24) is 5.32 Å². The minimum atomic E-state index is 0.654. The molecule has 2 nitrogen and oxygen atoms in total. The molecule has 0 aliphatic heterocycles. The first-order valence-corrected chi connectivity index (χ1v) is 7.42. The fraction of sp³-hybridized carbons (Fsp3) is 0.294. The highest BCUT2D eigenvalue weighted by Gasteiger charge is 2.19. The molecule has 0 unspecified atom stereocenters. The summed E-state index contributed by atoms with van der Waals surface area (Å²) in [5.41, 5.74) is 2.27. The highest BCUT2D eigenvalue weighted by molar-refractivity contribution is 6.32. The molecular formula is C17H18ClNO. The first kappa shape index (κ1) is 13.5. The van der Waals surface area contributed by atoms with E-state index in [0.717, 1.165) is 29.5 Å². The van der Waals surface area contributed by atoms with Crippen molar-refractivity contribution in [1.29, 1.82) is 0 Å². The van der Waals surface area contributed by atoms with Gasteiger partial charge >= 0.3 is 0 Å². The van der Waals surface area contributed by atoms with Gasteiger partial charge in [-0.2, -0.15) is 0 Å². The van der Waals surface area contributed by atoms with Crippen molar-refractivity contribution in [3.05, 3.63) is 53.6 Å². The van der Waals surface area contributed by atoms with Gasteiger partial charge in [0, 0.05) is 12.6 Å². The monoisotopic (exact) mass is 287 g/mol. The van der Waals surface area contributed by atoms with Gasteiger partial charge in [0.1, 0.15) is 12.4 Å². The lowest BCUT2D eigenvalue weighted by Gasteiger charge is -2.10. The predicted molar refractivity (Wildman–Crippen MR) is 83.4 cm³/mol. The molecule has 0 radical (unpaired) electrons. The smallest absolute Gasteiger partial charge is 0.137 e. The summed E-state index contributed by atoms with van der Waals surface area (Å²) in [4.78, 5) is 0. The van der Waals surface area contributed by atoms with Crippen molar-refractivity contribution in [3.8, 4) is 16.9 Å². The van der Waals surface area contributed by atoms with Crippen molar-refractivity contribution in [2.24, 2.45) is 0 Å². The van der Waals surface area contributed by atoms with Gasteiger partial charge in [-0.25, -0.2) is 0 Å². The Morgan fingerprint density at radius 2 is 1.85 bits per heavy atom. The van der Waals surface area contributed by atoms with E-state index < -0.39 is 0 Å². The minimum absolute atomic E-state index is 0.654. The summed E-state index contributed by atoms with van der Waals surface area (Å²) in [6.45, 7) is 1.53. The van der Waals surface area contributed by atoms with Crippen molar-refractivity contribution in [3.63, 3.8) is 0 Å². The van der Waals surface area contributed by atoms with Crippen molar-refractivity contribution >= 4 is 11.6 Å². The van der Waals surface area contributed by atoms with Crippen LogP contribution in [0.25, 0.3) is 11.1 Å². The van der Waals surface area contributed by atoms with Crippen LogP contribution in [-0.2, 0) is 0 Å². The number of rotatable bonds is 6. The Morgan fingerprint density at radius 1 is 1.05 bits per heavy atom. The van der Waals surface area contributed by atoms with Gasteiger partial charge in [0.25, 0.3) is 0 Å². The molecule has 1 aliphatic rings. The Morgan fingerprint density at radius 3 is 2.55 bits per heavy atom. The topological polar surface area (TPSA) is 21.3 Å². The Balaban J connectivity index is 1.61. The molecule has 3 rings (SSSR count). The van der Waals surface area contributed by atoms with Crippen LogP contribution in [-0.4, -0.2) is 19.2 Å². The third kappa shape index (κ3) is 3.53. The van der Waals surface area contributed by atoms with E-state index >= 15 is 0 Å². The van der Waals surface area contributed by atoms with Crippen LogP contribution >= 0.6 is 11.6 Å². The number of ether oxygens (including phenoxy) is 1. The summed E-state index contributed by atoms with van der Waals surface area (Å²) >= 11 is 6.29. The number of nitrogens with one attached hydrogen (secondary N) is 1. The fourth-order valence-electron chi connectivity index (χ4n) is 2.14. The van der Waals surface area contributed by atoms with E-state index in [9.17, 15) is 0 Å². The average molecular weight is 288 g/mol. The average Bonchev–Trinajstić information content (AvgIpc) is 3.30. The second-order valence-electron chi connectivity index (χ2n) is 5.09. The molecule has 1 N–H and O–H groups in total. The van der Waals surface area contributed by atoms with Gasteiger partial charge in [-0.3, -0.25) is 0 Å². The van der Waals surface area contributed by atoms with Crippen LogP contribution in [0.2, 0.25) is 5.02 Å². The Bertz CT molecular complexity index is 566. The van der Waals surface area contributed by atoms with Crippen LogP contribution in [0.15, 0.2) is 48.5 Å². The molecule has 0 bridgehead atoms. The van der Waals surface area contributed by atoms with Gasteiger partial charge in [0.2, 0.25) is 0 Å². The normalized spacial score (nSPS) is 14.2. The molecule has 104 valence electrons. The van der Waals surface area contributed by atoms with Crippen molar-refractivity contribution < 1.29 is 4.74 Å². The van der Waals surface area contributed by atoms with Crippen molar-refractivity contribution in [2.45, 2.75) is 18.9 Å². The van der Waals surface area contributed by atoms with E-state index in [-0.39, 0.29) is 0 Å². The van der Waals surface area contributed by atoms with Gasteiger partial charge in [-0.15, -0.1) is 0 Å². The molecule has 1 fully saturated rings. The lowest BCUT2D eigenvalue weighted by Crippen LogP contribution is -2.22. The zero-order valence-electron chi connectivity index (χ0n) is 11.3. The quantitative estimate of drug-likeness (QED) is 0.806. The van der Waals surface area contributed by atoms with Crippen LogP contribution in [0.4, 0.5) is 0 Å². The third-order valence-corrected chi connectivity index (χ3v) is 3.70. The highest BCUT2D eigenvalue weighted by atomic mass is 35.5. The summed E-state index contributed by atoms with van der Waals surface area (Å²) in [6, 6.07) is 16.9. The second-order valence-corrected chi connectivity index (χ2v) is 5.50. The fourth-order valence-corrected chi connectivity index (χ4v) is 2.37. The van der Waals surface area contributed by atoms with E-state index in [1.165, 1.54) is 12.8 Å². The van der Waals surface area contributed by atoms with Crippen LogP contribution in [0, 0.1) is 0 Å². The van der Waals surface area contributed by atoms with Gasteiger partial charge in [-0.1, -0.05) is 48.0 Å². The summed E-state index contributed by atoms with van der Waals surface area (Å²) < 4.78 is 5.71. The van der Waals surface area contributed by atoms with E-state index in [4.69, 9.17) is 16.3 Å². The Labute approximate surface area is 124 Å². The molecule has 2 aromatic rings. The predicted octanol–water partition coefficient (Wildman–Crippen LogP) is 4.14. The second kappa shape index (κ2) is 6.29. The summed E-state index contributed by atoms with van der Waals surface area (Å²) in [5, 5.41) is 4.08. The van der Waals surface area contributed by atoms with E-state index in [0.29, 0.717) is 11.6 Å². The minimum Gasteiger partial charge on any atom is -0.491 e. The van der Waals surface area contributed by atoms with Crippen LogP contribution < -0.4 is 10.1 Å². The van der Waals surface area contributed by atoms with E-state index in [1.54, 1.807) is 0 Å². The molecule has 0 spiro atoms.